The van der Waals surface area contributed by atoms with E-state index in [1.54, 1.807) is 23.5 Å². The van der Waals surface area contributed by atoms with E-state index in [1.807, 2.05) is 36.6 Å². The molecule has 0 aliphatic carbocycles. The van der Waals surface area contributed by atoms with Crippen molar-refractivity contribution >= 4 is 23.1 Å². The van der Waals surface area contributed by atoms with Crippen LogP contribution in [0, 0.1) is 0 Å². The number of aromatic nitrogens is 2. The molecule has 1 aromatic carbocycles. The van der Waals surface area contributed by atoms with Crippen molar-refractivity contribution in [1.29, 1.82) is 0 Å². The molecule has 0 bridgehead atoms. The van der Waals surface area contributed by atoms with Crippen LogP contribution in [-0.2, 0) is 6.42 Å². The lowest BCUT2D eigenvalue weighted by Gasteiger charge is -2.13. The van der Waals surface area contributed by atoms with Crippen molar-refractivity contribution in [1.82, 2.24) is 15.3 Å². The molecule has 6 nitrogen and oxygen atoms in total. The van der Waals surface area contributed by atoms with Crippen LogP contribution in [-0.4, -0.2) is 40.2 Å². The molecule has 1 amide bonds. The summed E-state index contributed by atoms with van der Waals surface area (Å²) in [5.41, 5.74) is 2.26. The van der Waals surface area contributed by atoms with Gasteiger partial charge in [-0.05, 0) is 30.5 Å². The molecule has 2 heterocycles. The molecular formula is C20H22N4O2S. The molecule has 1 atom stereocenters. The average Bonchev–Trinajstić information content (AvgIpc) is 3.19. The van der Waals surface area contributed by atoms with Crippen LogP contribution in [0.5, 0.6) is 0 Å². The van der Waals surface area contributed by atoms with Crippen molar-refractivity contribution in [3.8, 4) is 11.3 Å². The zero-order valence-corrected chi connectivity index (χ0v) is 15.9. The van der Waals surface area contributed by atoms with Gasteiger partial charge in [0.15, 0.2) is 0 Å². The smallest absolute Gasteiger partial charge is 0.251 e. The number of carbonyl (C=O) groups is 1. The number of hydrogen-bond acceptors (Lipinski definition) is 6. The topological polar surface area (TPSA) is 87.1 Å². The number of anilines is 1. The van der Waals surface area contributed by atoms with E-state index < -0.39 is 0 Å². The third-order valence-electron chi connectivity index (χ3n) is 3.99. The normalized spacial score (nSPS) is 11.8. The highest BCUT2D eigenvalue weighted by atomic mass is 32.1. The molecule has 2 aromatic heterocycles. The van der Waals surface area contributed by atoms with Crippen molar-refractivity contribution in [3.63, 3.8) is 0 Å². The largest absolute Gasteiger partial charge is 0.395 e. The fraction of sp³-hybridized carbons (Fsp3) is 0.250. The van der Waals surface area contributed by atoms with E-state index in [9.17, 15) is 4.79 Å². The molecule has 0 unspecified atom stereocenters. The van der Waals surface area contributed by atoms with Crippen LogP contribution >= 0.6 is 11.3 Å². The lowest BCUT2D eigenvalue weighted by atomic mass is 10.1. The summed E-state index contributed by atoms with van der Waals surface area (Å²) >= 11 is 1.70. The second-order valence-electron chi connectivity index (χ2n) is 6.17. The van der Waals surface area contributed by atoms with Crippen molar-refractivity contribution in [2.75, 3.05) is 18.5 Å². The first-order valence-corrected chi connectivity index (χ1v) is 9.64. The zero-order valence-electron chi connectivity index (χ0n) is 15.1. The van der Waals surface area contributed by atoms with Crippen LogP contribution in [0.2, 0.25) is 0 Å². The van der Waals surface area contributed by atoms with E-state index in [0.29, 0.717) is 17.9 Å². The molecule has 0 fully saturated rings. The van der Waals surface area contributed by atoms with E-state index in [1.165, 1.54) is 11.2 Å². The molecule has 3 aromatic rings. The molecule has 0 saturated carbocycles. The van der Waals surface area contributed by atoms with Crippen LogP contribution in [0.1, 0.15) is 22.2 Å². The van der Waals surface area contributed by atoms with Gasteiger partial charge in [-0.3, -0.25) is 4.79 Å². The highest BCUT2D eigenvalue weighted by Crippen LogP contribution is 2.19. The number of carbonyl (C=O) groups excluding carboxylic acids is 1. The number of hydrogen-bond donors (Lipinski definition) is 3. The third-order valence-corrected chi connectivity index (χ3v) is 4.89. The Labute approximate surface area is 162 Å². The van der Waals surface area contributed by atoms with Gasteiger partial charge in [0.25, 0.3) is 5.91 Å². The summed E-state index contributed by atoms with van der Waals surface area (Å²) in [7, 11) is 0. The van der Waals surface area contributed by atoms with Gasteiger partial charge >= 0.3 is 0 Å². The van der Waals surface area contributed by atoms with Crippen molar-refractivity contribution in [3.05, 3.63) is 64.6 Å². The third kappa shape index (κ3) is 5.35. The molecule has 0 aliphatic rings. The molecule has 140 valence electrons. The number of thiophene rings is 1. The summed E-state index contributed by atoms with van der Waals surface area (Å²) in [6, 6.07) is 13.3. The minimum Gasteiger partial charge on any atom is -0.395 e. The molecule has 27 heavy (non-hydrogen) atoms. The summed E-state index contributed by atoms with van der Waals surface area (Å²) in [4.78, 5) is 22.1. The average molecular weight is 382 g/mol. The van der Waals surface area contributed by atoms with E-state index in [-0.39, 0.29) is 18.6 Å². The van der Waals surface area contributed by atoms with Gasteiger partial charge in [0.2, 0.25) is 0 Å². The van der Waals surface area contributed by atoms with Gasteiger partial charge < -0.3 is 15.7 Å². The fourth-order valence-corrected chi connectivity index (χ4v) is 3.51. The molecule has 7 heteroatoms. The molecule has 0 saturated heterocycles. The second-order valence-corrected chi connectivity index (χ2v) is 7.21. The molecule has 3 rings (SSSR count). The van der Waals surface area contributed by atoms with Crippen LogP contribution < -0.4 is 10.6 Å². The number of nitrogens with zero attached hydrogens (tertiary/aromatic N) is 2. The summed E-state index contributed by atoms with van der Waals surface area (Å²) in [5, 5.41) is 17.0. The first kappa shape index (κ1) is 19.0. The summed E-state index contributed by atoms with van der Waals surface area (Å²) in [5.74, 6) is 0.567. The highest BCUT2D eigenvalue weighted by Gasteiger charge is 2.11. The predicted octanol–water partition coefficient (Wildman–Crippen LogP) is 2.97. The van der Waals surface area contributed by atoms with Gasteiger partial charge in [0.05, 0.1) is 12.3 Å². The summed E-state index contributed by atoms with van der Waals surface area (Å²) < 4.78 is 0. The molecular weight excluding hydrogens is 360 g/mol. The maximum Gasteiger partial charge on any atom is 0.251 e. The Morgan fingerprint density at radius 3 is 2.74 bits per heavy atom. The fourth-order valence-electron chi connectivity index (χ4n) is 2.68. The van der Waals surface area contributed by atoms with E-state index >= 15 is 0 Å². The first-order valence-electron chi connectivity index (χ1n) is 8.76. The van der Waals surface area contributed by atoms with Gasteiger partial charge in [-0.1, -0.05) is 18.2 Å². The van der Waals surface area contributed by atoms with Gasteiger partial charge in [0.1, 0.15) is 12.1 Å². The van der Waals surface area contributed by atoms with Crippen LogP contribution in [0.25, 0.3) is 11.3 Å². The number of rotatable bonds is 8. The van der Waals surface area contributed by atoms with Gasteiger partial charge in [-0.2, -0.15) is 0 Å². The lowest BCUT2D eigenvalue weighted by molar-refractivity contribution is 0.0940. The van der Waals surface area contributed by atoms with Crippen LogP contribution in [0.3, 0.4) is 0 Å². The van der Waals surface area contributed by atoms with Gasteiger partial charge in [-0.25, -0.2) is 9.97 Å². The number of nitrogens with one attached hydrogen (secondary N) is 2. The van der Waals surface area contributed by atoms with Crippen molar-refractivity contribution in [2.24, 2.45) is 0 Å². The second kappa shape index (κ2) is 9.25. The van der Waals surface area contributed by atoms with Crippen molar-refractivity contribution < 1.29 is 9.90 Å². The Balaban J connectivity index is 1.63. The Morgan fingerprint density at radius 1 is 1.22 bits per heavy atom. The lowest BCUT2D eigenvalue weighted by Crippen LogP contribution is -2.33. The van der Waals surface area contributed by atoms with Crippen molar-refractivity contribution in [2.45, 2.75) is 19.4 Å². The minimum atomic E-state index is -0.0846. The van der Waals surface area contributed by atoms with E-state index in [4.69, 9.17) is 5.11 Å². The Kier molecular flexibility index (Phi) is 6.51. The quantitative estimate of drug-likeness (QED) is 0.558. The van der Waals surface area contributed by atoms with Crippen LogP contribution in [0.15, 0.2) is 54.2 Å². The van der Waals surface area contributed by atoms with E-state index in [2.05, 4.69) is 26.7 Å². The molecule has 0 spiro atoms. The Morgan fingerprint density at radius 2 is 2.04 bits per heavy atom. The molecule has 0 radical (unpaired) electrons. The number of aliphatic hydroxyl groups is 1. The number of benzene rings is 1. The van der Waals surface area contributed by atoms with Gasteiger partial charge in [-0.15, -0.1) is 11.3 Å². The summed E-state index contributed by atoms with van der Waals surface area (Å²) in [6.07, 6.45) is 2.30. The molecule has 3 N–H and O–H groups in total. The maximum atomic E-state index is 12.4. The standard InChI is InChI=1S/C20H22N4O2S/c1-14(11-17-3-2-10-27-17)24-20(26)16-6-4-15(5-7-16)18-12-19(21-8-9-25)23-13-22-18/h2-7,10,12-14,25H,8-9,11H2,1H3,(H,24,26)(H,21,22,23)/t14-/m0/s1. The predicted molar refractivity (Wildman–Crippen MR) is 108 cm³/mol. The van der Waals surface area contributed by atoms with E-state index in [0.717, 1.165) is 17.7 Å². The minimum absolute atomic E-state index is 0.0358. The number of amides is 1. The summed E-state index contributed by atoms with van der Waals surface area (Å²) in [6.45, 7) is 2.47. The van der Waals surface area contributed by atoms with Crippen LogP contribution in [0.4, 0.5) is 5.82 Å². The number of aliphatic hydroxyl groups excluding tert-OH is 1. The maximum absolute atomic E-state index is 12.4. The monoisotopic (exact) mass is 382 g/mol. The Bertz CT molecular complexity index is 866. The SMILES string of the molecule is C[C@@H](Cc1cccs1)NC(=O)c1ccc(-c2cc(NCCO)ncn2)cc1. The zero-order chi connectivity index (χ0) is 19.1. The Hall–Kier alpha value is -2.77. The highest BCUT2D eigenvalue weighted by molar-refractivity contribution is 7.09. The van der Waals surface area contributed by atoms with Gasteiger partial charge in [0, 0.05) is 41.1 Å². The first-order chi connectivity index (χ1) is 13.2. The molecule has 0 aliphatic heterocycles.